The molecule has 0 saturated carbocycles. The Bertz CT molecular complexity index is 938. The second-order valence-electron chi connectivity index (χ2n) is 7.30. The van der Waals surface area contributed by atoms with Crippen LogP contribution in [0.1, 0.15) is 46.4 Å². The molecule has 0 aromatic heterocycles. The number of ether oxygens (including phenoxy) is 2. The monoisotopic (exact) mass is 382 g/mol. The van der Waals surface area contributed by atoms with Gasteiger partial charge in [0, 0.05) is 12.0 Å². The van der Waals surface area contributed by atoms with Crippen LogP contribution >= 0.6 is 12.2 Å². The van der Waals surface area contributed by atoms with Gasteiger partial charge in [-0.25, -0.2) is 4.79 Å². The summed E-state index contributed by atoms with van der Waals surface area (Å²) in [6, 6.07) is 11.6. The fraction of sp³-hybridized carbons (Fsp3) is 0.333. The molecule has 140 valence electrons. The van der Waals surface area contributed by atoms with Crippen LogP contribution in [0.4, 0.5) is 5.69 Å². The molecule has 2 bridgehead atoms. The number of hydrogen-bond donors (Lipinski definition) is 1. The van der Waals surface area contributed by atoms with Crippen LogP contribution in [-0.4, -0.2) is 23.9 Å². The van der Waals surface area contributed by atoms with Crippen molar-refractivity contribution in [3.8, 4) is 5.75 Å². The highest BCUT2D eigenvalue weighted by Gasteiger charge is 2.49. The molecule has 6 heteroatoms. The third kappa shape index (κ3) is 2.75. The highest BCUT2D eigenvalue weighted by atomic mass is 32.1. The molecular formula is C21H22N2O3S. The number of hydrogen-bond acceptors (Lipinski definition) is 4. The minimum atomic E-state index is -0.607. The van der Waals surface area contributed by atoms with Crippen LogP contribution in [-0.2, 0) is 4.74 Å². The topological polar surface area (TPSA) is 50.8 Å². The van der Waals surface area contributed by atoms with Gasteiger partial charge in [-0.1, -0.05) is 18.2 Å². The lowest BCUT2D eigenvalue weighted by Gasteiger charge is -2.52. The van der Waals surface area contributed by atoms with Crippen molar-refractivity contribution < 1.29 is 14.3 Å². The number of anilines is 1. The van der Waals surface area contributed by atoms with Gasteiger partial charge in [-0.15, -0.1) is 0 Å². The van der Waals surface area contributed by atoms with E-state index in [-0.39, 0.29) is 12.0 Å². The summed E-state index contributed by atoms with van der Waals surface area (Å²) in [5.74, 6) is 0.398. The first-order valence-electron chi connectivity index (χ1n) is 8.92. The average Bonchev–Trinajstić information content (AvgIpc) is 2.62. The van der Waals surface area contributed by atoms with E-state index in [0.29, 0.717) is 17.1 Å². The number of nitrogens with one attached hydrogen (secondary N) is 1. The first-order chi connectivity index (χ1) is 12.8. The molecule has 27 heavy (non-hydrogen) atoms. The van der Waals surface area contributed by atoms with Crippen molar-refractivity contribution in [2.24, 2.45) is 0 Å². The SMILES string of the molecule is COC(=O)c1ccc2c(c1)[C@H]1C[C@](C)(O2)N(c2c(C)cccc2C)C(=S)N1. The maximum Gasteiger partial charge on any atom is 0.337 e. The van der Waals surface area contributed by atoms with Crippen LogP contribution < -0.4 is 15.0 Å². The van der Waals surface area contributed by atoms with E-state index in [0.717, 1.165) is 28.1 Å². The summed E-state index contributed by atoms with van der Waals surface area (Å²) < 4.78 is 11.3. The summed E-state index contributed by atoms with van der Waals surface area (Å²) in [5, 5.41) is 4.07. The lowest BCUT2D eigenvalue weighted by atomic mass is 9.88. The van der Waals surface area contributed by atoms with Gasteiger partial charge in [-0.05, 0) is 62.3 Å². The van der Waals surface area contributed by atoms with Crippen molar-refractivity contribution in [3.05, 3.63) is 58.7 Å². The first kappa shape index (κ1) is 17.8. The molecule has 2 aliphatic heterocycles. The number of rotatable bonds is 2. The van der Waals surface area contributed by atoms with Crippen LogP contribution in [0.5, 0.6) is 5.75 Å². The minimum absolute atomic E-state index is 0.0172. The number of carbonyl (C=O) groups is 1. The van der Waals surface area contributed by atoms with Crippen LogP contribution in [0, 0.1) is 13.8 Å². The molecule has 1 fully saturated rings. The zero-order valence-corrected chi connectivity index (χ0v) is 16.6. The van der Waals surface area contributed by atoms with E-state index < -0.39 is 5.72 Å². The van der Waals surface area contributed by atoms with Crippen LogP contribution in [0.3, 0.4) is 0 Å². The highest BCUT2D eigenvalue weighted by molar-refractivity contribution is 7.80. The van der Waals surface area contributed by atoms with E-state index in [4.69, 9.17) is 21.7 Å². The molecule has 0 aliphatic carbocycles. The van der Waals surface area contributed by atoms with Crippen molar-refractivity contribution in [3.63, 3.8) is 0 Å². The third-order valence-electron chi connectivity index (χ3n) is 5.36. The maximum atomic E-state index is 11.9. The predicted octanol–water partition coefficient (Wildman–Crippen LogP) is 4.02. The van der Waals surface area contributed by atoms with Crippen molar-refractivity contribution in [1.29, 1.82) is 0 Å². The zero-order valence-electron chi connectivity index (χ0n) is 15.8. The standard InChI is InChI=1S/C21H22N2O3S/c1-12-6-5-7-13(2)18(12)23-20(27)22-16-11-21(23,3)26-17-9-8-14(10-15(16)17)19(24)25-4/h5-10,16H,11H2,1-4H3,(H,22,27)/t16-,21+/m1/s1. The fourth-order valence-corrected chi connectivity index (χ4v) is 4.54. The van der Waals surface area contributed by atoms with E-state index in [1.54, 1.807) is 6.07 Å². The van der Waals surface area contributed by atoms with Gasteiger partial charge in [-0.2, -0.15) is 0 Å². The quantitative estimate of drug-likeness (QED) is 0.625. The van der Waals surface area contributed by atoms with Gasteiger partial charge in [0.15, 0.2) is 10.8 Å². The van der Waals surface area contributed by atoms with Gasteiger partial charge in [0.2, 0.25) is 0 Å². The van der Waals surface area contributed by atoms with E-state index in [1.165, 1.54) is 7.11 Å². The number of nitrogens with zero attached hydrogens (tertiary/aromatic N) is 1. The van der Waals surface area contributed by atoms with E-state index in [1.807, 2.05) is 18.2 Å². The van der Waals surface area contributed by atoms with Crippen molar-refractivity contribution in [2.75, 3.05) is 12.0 Å². The zero-order chi connectivity index (χ0) is 19.3. The number of methoxy groups -OCH3 is 1. The Kier molecular flexibility index (Phi) is 4.11. The van der Waals surface area contributed by atoms with Crippen molar-refractivity contribution in [2.45, 2.75) is 39.0 Å². The maximum absolute atomic E-state index is 11.9. The summed E-state index contributed by atoms with van der Waals surface area (Å²) in [6.45, 7) is 6.23. The predicted molar refractivity (Wildman–Crippen MR) is 108 cm³/mol. The molecule has 2 atom stereocenters. The molecular weight excluding hydrogens is 360 g/mol. The third-order valence-corrected chi connectivity index (χ3v) is 5.66. The lowest BCUT2D eigenvalue weighted by molar-refractivity contribution is 0.0492. The van der Waals surface area contributed by atoms with Gasteiger partial charge in [0.05, 0.1) is 24.4 Å². The number of benzene rings is 2. The summed E-state index contributed by atoms with van der Waals surface area (Å²) in [4.78, 5) is 14.0. The van der Waals surface area contributed by atoms with Crippen LogP contribution in [0.15, 0.2) is 36.4 Å². The highest BCUT2D eigenvalue weighted by Crippen LogP contribution is 2.47. The molecule has 2 heterocycles. The summed E-state index contributed by atoms with van der Waals surface area (Å²) in [6.07, 6.45) is 0.707. The Hall–Kier alpha value is -2.60. The number of fused-ring (bicyclic) bond motifs is 4. The van der Waals surface area contributed by atoms with E-state index in [2.05, 4.69) is 43.1 Å². The molecule has 2 aromatic rings. The Morgan fingerprint density at radius 2 is 2.00 bits per heavy atom. The molecule has 5 nitrogen and oxygen atoms in total. The lowest BCUT2D eigenvalue weighted by Crippen LogP contribution is -2.65. The smallest absolute Gasteiger partial charge is 0.337 e. The molecule has 0 spiro atoms. The number of para-hydroxylation sites is 1. The molecule has 2 aliphatic rings. The molecule has 4 rings (SSSR count). The Morgan fingerprint density at radius 1 is 1.30 bits per heavy atom. The molecule has 1 N–H and O–H groups in total. The summed E-state index contributed by atoms with van der Waals surface area (Å²) in [5.41, 5.74) is 4.20. The Morgan fingerprint density at radius 3 is 2.67 bits per heavy atom. The number of carbonyl (C=O) groups excluding carboxylic acids is 1. The van der Waals surface area contributed by atoms with E-state index >= 15 is 0 Å². The van der Waals surface area contributed by atoms with E-state index in [9.17, 15) is 4.79 Å². The molecule has 2 aromatic carbocycles. The summed E-state index contributed by atoms with van der Waals surface area (Å²) in [7, 11) is 1.38. The normalized spacial score (nSPS) is 23.2. The average molecular weight is 382 g/mol. The fourth-order valence-electron chi connectivity index (χ4n) is 4.12. The number of aryl methyl sites for hydroxylation is 2. The van der Waals surface area contributed by atoms with Gasteiger partial charge < -0.3 is 14.8 Å². The molecule has 0 amide bonds. The van der Waals surface area contributed by atoms with Crippen LogP contribution in [0.25, 0.3) is 0 Å². The van der Waals surface area contributed by atoms with Crippen molar-refractivity contribution in [1.82, 2.24) is 5.32 Å². The minimum Gasteiger partial charge on any atom is -0.467 e. The van der Waals surface area contributed by atoms with Gasteiger partial charge >= 0.3 is 5.97 Å². The van der Waals surface area contributed by atoms with Crippen molar-refractivity contribution >= 4 is 29.0 Å². The molecule has 0 radical (unpaired) electrons. The largest absolute Gasteiger partial charge is 0.467 e. The Balaban J connectivity index is 1.80. The van der Waals surface area contributed by atoms with Gasteiger partial charge in [-0.3, -0.25) is 4.90 Å². The second-order valence-corrected chi connectivity index (χ2v) is 7.69. The summed E-state index contributed by atoms with van der Waals surface area (Å²) >= 11 is 5.73. The van der Waals surface area contributed by atoms with Gasteiger partial charge in [0.1, 0.15) is 5.75 Å². The second kappa shape index (κ2) is 6.23. The molecule has 1 saturated heterocycles. The molecule has 0 unspecified atom stereocenters. The van der Waals surface area contributed by atoms with Crippen LogP contribution in [0.2, 0.25) is 0 Å². The number of thiocarbonyl (C=S) groups is 1. The first-order valence-corrected chi connectivity index (χ1v) is 9.33. The number of esters is 1. The van der Waals surface area contributed by atoms with Gasteiger partial charge in [0.25, 0.3) is 0 Å². The Labute approximate surface area is 164 Å².